The van der Waals surface area contributed by atoms with Gasteiger partial charge in [0.2, 0.25) is 0 Å². The van der Waals surface area contributed by atoms with Crippen LogP contribution in [0.5, 0.6) is 0 Å². The molecule has 0 saturated carbocycles. The van der Waals surface area contributed by atoms with Crippen molar-refractivity contribution in [2.75, 3.05) is 32.7 Å². The van der Waals surface area contributed by atoms with Crippen LogP contribution in [0.3, 0.4) is 0 Å². The molecule has 3 aromatic rings. The van der Waals surface area contributed by atoms with Gasteiger partial charge in [0.15, 0.2) is 0 Å². The molecule has 1 heterocycles. The highest BCUT2D eigenvalue weighted by molar-refractivity contribution is 7.99. The van der Waals surface area contributed by atoms with E-state index >= 15 is 0 Å². The number of aromatic nitrogens is 2. The summed E-state index contributed by atoms with van der Waals surface area (Å²) in [6, 6.07) is 5.04. The van der Waals surface area contributed by atoms with Crippen molar-refractivity contribution < 1.29 is 32.1 Å². The Balaban J connectivity index is 2.24. The summed E-state index contributed by atoms with van der Waals surface area (Å²) in [4.78, 5) is 28.5. The lowest BCUT2D eigenvalue weighted by Gasteiger charge is -2.21. The number of benzene rings is 2. The molecular weight excluding hydrogens is 468 g/mol. The molecule has 2 aromatic carbocycles. The third kappa shape index (κ3) is 5.82. The number of halogens is 4. The van der Waals surface area contributed by atoms with E-state index in [1.807, 2.05) is 4.98 Å². The monoisotopic (exact) mass is 488 g/mol. The van der Waals surface area contributed by atoms with Crippen molar-refractivity contribution in [2.24, 2.45) is 0 Å². The molecule has 0 spiro atoms. The second-order valence-electron chi connectivity index (χ2n) is 6.94. The van der Waals surface area contributed by atoms with E-state index in [0.717, 1.165) is 23.9 Å². The number of fused-ring (bicyclic) bond motifs is 1. The Morgan fingerprint density at radius 2 is 1.82 bits per heavy atom. The van der Waals surface area contributed by atoms with E-state index in [-0.39, 0.29) is 45.9 Å². The number of nitrogens with one attached hydrogen (secondary N) is 2. The predicted molar refractivity (Wildman–Crippen MR) is 115 cm³/mol. The average Bonchev–Trinajstić information content (AvgIpc) is 2.75. The number of hydrogen-bond donors (Lipinski definition) is 3. The van der Waals surface area contributed by atoms with Gasteiger partial charge in [-0.15, -0.1) is 11.8 Å². The maximum Gasteiger partial charge on any atom is 0.417 e. The summed E-state index contributed by atoms with van der Waals surface area (Å²) in [6.07, 6.45) is -5.62. The summed E-state index contributed by atoms with van der Waals surface area (Å²) in [6.45, 7) is -0.0271. The fraction of sp³-hybridized carbons (Fsp3) is 0.333. The maximum atomic E-state index is 14.1. The number of rotatable bonds is 9. The highest BCUT2D eigenvalue weighted by atomic mass is 32.2. The molecule has 0 aliphatic rings. The zero-order valence-corrected chi connectivity index (χ0v) is 18.1. The first-order valence-electron chi connectivity index (χ1n) is 9.66. The van der Waals surface area contributed by atoms with Crippen LogP contribution in [0.15, 0.2) is 44.8 Å². The number of H-pyrrole nitrogens is 2. The van der Waals surface area contributed by atoms with Gasteiger partial charge in [0, 0.05) is 23.3 Å². The molecule has 0 fully saturated rings. The van der Waals surface area contributed by atoms with Crippen LogP contribution in [-0.4, -0.2) is 53.9 Å². The Bertz CT molecular complexity index is 1220. The molecule has 1 atom stereocenters. The first-order valence-corrected chi connectivity index (χ1v) is 10.6. The van der Waals surface area contributed by atoms with E-state index in [9.17, 15) is 32.3 Å². The molecule has 7 nitrogen and oxygen atoms in total. The number of aromatic amines is 2. The number of hydrogen-bond acceptors (Lipinski definition) is 6. The molecule has 3 N–H and O–H groups in total. The van der Waals surface area contributed by atoms with Gasteiger partial charge in [-0.1, -0.05) is 12.1 Å². The molecule has 0 aliphatic heterocycles. The molecular formula is C21H20F4N2O5S. The summed E-state index contributed by atoms with van der Waals surface area (Å²) in [5, 5.41) is 9.23. The van der Waals surface area contributed by atoms with E-state index in [1.54, 1.807) is 0 Å². The highest BCUT2D eigenvalue weighted by Gasteiger charge is 2.36. The van der Waals surface area contributed by atoms with Crippen LogP contribution in [0, 0.1) is 5.82 Å². The van der Waals surface area contributed by atoms with Crippen molar-refractivity contribution in [1.29, 1.82) is 0 Å². The molecule has 3 rings (SSSR count). The number of methoxy groups -OCH3 is 1. The first-order chi connectivity index (χ1) is 15.7. The molecule has 178 valence electrons. The van der Waals surface area contributed by atoms with Gasteiger partial charge >= 0.3 is 11.9 Å². The van der Waals surface area contributed by atoms with E-state index in [4.69, 9.17) is 9.47 Å². The average molecular weight is 488 g/mol. The first kappa shape index (κ1) is 25.0. The lowest BCUT2D eigenvalue weighted by atomic mass is 9.97. The maximum absolute atomic E-state index is 14.1. The van der Waals surface area contributed by atoms with Gasteiger partial charge < -0.3 is 19.6 Å². The van der Waals surface area contributed by atoms with Crippen molar-refractivity contribution in [2.45, 2.75) is 17.2 Å². The molecule has 0 bridgehead atoms. The van der Waals surface area contributed by atoms with Gasteiger partial charge in [-0.3, -0.25) is 9.78 Å². The zero-order chi connectivity index (χ0) is 24.2. The number of alkyl halides is 3. The summed E-state index contributed by atoms with van der Waals surface area (Å²) in [5.74, 6) is -0.640. The second kappa shape index (κ2) is 10.5. The fourth-order valence-corrected chi connectivity index (χ4v) is 4.41. The lowest BCUT2D eigenvalue weighted by molar-refractivity contribution is -0.137. The summed E-state index contributed by atoms with van der Waals surface area (Å²) >= 11 is 0.871. The summed E-state index contributed by atoms with van der Waals surface area (Å²) in [5.41, 5.74) is -3.39. The van der Waals surface area contributed by atoms with Crippen LogP contribution in [0.1, 0.15) is 5.56 Å². The zero-order valence-electron chi connectivity index (χ0n) is 17.3. The molecule has 0 aliphatic carbocycles. The van der Waals surface area contributed by atoms with Crippen molar-refractivity contribution in [3.8, 4) is 11.1 Å². The van der Waals surface area contributed by atoms with Crippen LogP contribution in [-0.2, 0) is 15.7 Å². The second-order valence-corrected chi connectivity index (χ2v) is 7.97. The van der Waals surface area contributed by atoms with E-state index in [0.29, 0.717) is 6.07 Å². The molecule has 0 unspecified atom stereocenters. The van der Waals surface area contributed by atoms with Gasteiger partial charge in [0.05, 0.1) is 42.4 Å². The van der Waals surface area contributed by atoms with Gasteiger partial charge in [-0.25, -0.2) is 9.18 Å². The van der Waals surface area contributed by atoms with Crippen LogP contribution in [0.25, 0.3) is 22.0 Å². The van der Waals surface area contributed by atoms with Gasteiger partial charge in [0.1, 0.15) is 5.82 Å². The van der Waals surface area contributed by atoms with Crippen LogP contribution in [0.2, 0.25) is 0 Å². The highest BCUT2D eigenvalue weighted by Crippen LogP contribution is 2.45. The normalized spacial score (nSPS) is 12.9. The molecule has 1 aromatic heterocycles. The number of aliphatic hydroxyl groups is 1. The quantitative estimate of drug-likeness (QED) is 0.243. The van der Waals surface area contributed by atoms with Gasteiger partial charge in [-0.2, -0.15) is 13.2 Å². The topological polar surface area (TPSA) is 104 Å². The number of ether oxygens (including phenoxy) is 2. The largest absolute Gasteiger partial charge is 0.417 e. The smallest absolute Gasteiger partial charge is 0.394 e. The Hall–Kier alpha value is -2.67. The Morgan fingerprint density at radius 3 is 2.42 bits per heavy atom. The fourth-order valence-electron chi connectivity index (χ4n) is 3.18. The third-order valence-corrected chi connectivity index (χ3v) is 5.92. The van der Waals surface area contributed by atoms with Gasteiger partial charge in [0.25, 0.3) is 5.56 Å². The van der Waals surface area contributed by atoms with Crippen LogP contribution >= 0.6 is 11.8 Å². The van der Waals surface area contributed by atoms with Crippen LogP contribution in [0.4, 0.5) is 17.6 Å². The predicted octanol–water partition coefficient (Wildman–Crippen LogP) is 3.16. The van der Waals surface area contributed by atoms with Crippen molar-refractivity contribution >= 4 is 22.7 Å². The minimum atomic E-state index is -4.86. The molecule has 33 heavy (non-hydrogen) atoms. The third-order valence-electron chi connectivity index (χ3n) is 4.69. The van der Waals surface area contributed by atoms with Gasteiger partial charge in [-0.05, 0) is 23.8 Å². The van der Waals surface area contributed by atoms with E-state index in [1.165, 1.54) is 19.2 Å². The summed E-state index contributed by atoms with van der Waals surface area (Å²) < 4.78 is 66.0. The van der Waals surface area contributed by atoms with E-state index < -0.39 is 41.5 Å². The number of aliphatic hydroxyl groups excluding tert-OH is 1. The lowest BCUT2D eigenvalue weighted by Crippen LogP contribution is -2.24. The van der Waals surface area contributed by atoms with Crippen molar-refractivity contribution in [3.63, 3.8) is 0 Å². The molecule has 0 radical (unpaired) electrons. The SMILES string of the molecule is COCCO[C@@H](CO)CSc1c(-c2ccc(F)cc2)c(C(F)(F)F)cc2c(=O)[nH]c(=O)[nH]c12. The Morgan fingerprint density at radius 1 is 1.12 bits per heavy atom. The minimum Gasteiger partial charge on any atom is -0.394 e. The molecule has 0 saturated heterocycles. The van der Waals surface area contributed by atoms with Crippen molar-refractivity contribution in [3.05, 3.63) is 62.6 Å². The molecule has 12 heteroatoms. The molecule has 0 amide bonds. The standard InChI is InChI=1S/C21H20F4N2O5S/c1-31-6-7-32-13(9-28)10-33-18-16(11-2-4-12(22)5-3-11)15(21(23,24)25)8-14-17(18)26-20(30)27-19(14)29/h2-5,8,13,28H,6-7,9-10H2,1H3,(H2,26,27,29,30)/t13-/m0/s1. The minimum absolute atomic E-state index is 0.000348. The van der Waals surface area contributed by atoms with E-state index in [2.05, 4.69) is 4.98 Å². The Kier molecular flexibility index (Phi) is 7.95. The number of thioether (sulfide) groups is 1. The van der Waals surface area contributed by atoms with Crippen molar-refractivity contribution in [1.82, 2.24) is 9.97 Å². The van der Waals surface area contributed by atoms with Crippen LogP contribution < -0.4 is 11.2 Å². The Labute approximate surface area is 188 Å². The summed E-state index contributed by atoms with van der Waals surface area (Å²) in [7, 11) is 1.46.